The Morgan fingerprint density at radius 1 is 0.583 bits per heavy atom. The van der Waals surface area contributed by atoms with Crippen molar-refractivity contribution in [1.29, 1.82) is 0 Å². The number of nitrogens with one attached hydrogen (secondary N) is 2. The van der Waals surface area contributed by atoms with E-state index in [9.17, 15) is 60.7 Å². The molecule has 3 fully saturated rings. The van der Waals surface area contributed by atoms with Gasteiger partial charge >= 0.3 is 0 Å². The van der Waals surface area contributed by atoms with Gasteiger partial charge in [-0.3, -0.25) is 9.59 Å². The van der Waals surface area contributed by atoms with Crippen molar-refractivity contribution in [1.82, 2.24) is 10.6 Å². The summed E-state index contributed by atoms with van der Waals surface area (Å²) in [6.07, 6.45) is -24.2. The molecule has 3 aliphatic heterocycles. The number of amides is 2. The first-order valence-corrected chi connectivity index (χ1v) is 16.1. The smallest absolute Gasteiger partial charge is 0.229 e. The molecule has 0 aliphatic carbocycles. The minimum Gasteiger partial charge on any atom is -0.394 e. The lowest BCUT2D eigenvalue weighted by atomic mass is 9.96. The van der Waals surface area contributed by atoms with Gasteiger partial charge in [0.15, 0.2) is 18.9 Å². The fraction of sp³-hybridized carbons (Fsp3) is 0.926. The Morgan fingerprint density at radius 3 is 1.56 bits per heavy atom. The summed E-state index contributed by atoms with van der Waals surface area (Å²) in [7, 11) is 0. The summed E-state index contributed by atoms with van der Waals surface area (Å²) in [4.78, 5) is 23.2. The molecule has 280 valence electrons. The van der Waals surface area contributed by atoms with Gasteiger partial charge in [-0.05, 0) is 12.8 Å². The highest BCUT2D eigenvalue weighted by Gasteiger charge is 2.53. The van der Waals surface area contributed by atoms with Gasteiger partial charge in [0.1, 0.15) is 73.2 Å². The van der Waals surface area contributed by atoms with Gasteiger partial charge in [0.05, 0.1) is 32.2 Å². The summed E-state index contributed by atoms with van der Waals surface area (Å²) in [5.41, 5.74) is 0. The lowest BCUT2D eigenvalue weighted by Gasteiger charge is -2.48. The Bertz CT molecular complexity index is 983. The monoisotopic (exact) mass is 720 g/mol. The van der Waals surface area contributed by atoms with Gasteiger partial charge < -0.3 is 90.1 Å². The minimum atomic E-state index is -1.95. The third-order valence-corrected chi connectivity index (χ3v) is 8.33. The fourth-order valence-corrected chi connectivity index (χ4v) is 5.41. The molecule has 0 bridgehead atoms. The number of carbonyl (C=O) groups is 2. The molecule has 3 heterocycles. The van der Waals surface area contributed by atoms with Crippen LogP contribution >= 0.6 is 12.6 Å². The molecule has 0 spiro atoms. The van der Waals surface area contributed by atoms with Crippen molar-refractivity contribution >= 4 is 24.4 Å². The summed E-state index contributed by atoms with van der Waals surface area (Å²) in [5, 5.41) is 108. The summed E-state index contributed by atoms with van der Waals surface area (Å²) in [6, 6.07) is 0. The van der Waals surface area contributed by atoms with Gasteiger partial charge in [0.2, 0.25) is 11.8 Å². The highest BCUT2D eigenvalue weighted by molar-refractivity contribution is 7.81. The average molecular weight is 721 g/mol. The van der Waals surface area contributed by atoms with Crippen molar-refractivity contribution in [3.63, 3.8) is 0 Å². The van der Waals surface area contributed by atoms with E-state index in [2.05, 4.69) is 23.3 Å². The number of aliphatic hydroxyl groups excluding tert-OH is 10. The molecule has 0 saturated carbocycles. The van der Waals surface area contributed by atoms with Gasteiger partial charge in [-0.25, -0.2) is 0 Å². The maximum atomic E-state index is 12.0. The van der Waals surface area contributed by atoms with Crippen LogP contribution in [-0.4, -0.2) is 200 Å². The molecule has 0 aromatic carbocycles. The predicted molar refractivity (Wildman–Crippen MR) is 159 cm³/mol. The van der Waals surface area contributed by atoms with E-state index in [1.165, 1.54) is 0 Å². The van der Waals surface area contributed by atoms with E-state index >= 15 is 0 Å². The van der Waals surface area contributed by atoms with Crippen LogP contribution in [0.4, 0.5) is 0 Å². The number of carbonyl (C=O) groups excluding carboxylic acids is 2. The summed E-state index contributed by atoms with van der Waals surface area (Å²) in [6.45, 7) is -1.72. The Kier molecular flexibility index (Phi) is 17.0. The Labute approximate surface area is 280 Å². The van der Waals surface area contributed by atoms with Crippen LogP contribution < -0.4 is 10.6 Å². The van der Waals surface area contributed by atoms with Crippen molar-refractivity contribution in [3.8, 4) is 0 Å². The van der Waals surface area contributed by atoms with E-state index in [4.69, 9.17) is 28.4 Å². The normalized spacial score (nSPS) is 40.4. The Hall–Kier alpha value is -1.35. The van der Waals surface area contributed by atoms with Crippen LogP contribution in [0, 0.1) is 0 Å². The van der Waals surface area contributed by atoms with E-state index in [1.54, 1.807) is 0 Å². The van der Waals surface area contributed by atoms with Crippen LogP contribution in [0.2, 0.25) is 0 Å². The molecule has 12 N–H and O–H groups in total. The molecule has 21 heteroatoms. The molecule has 3 rings (SSSR count). The fourth-order valence-electron chi connectivity index (χ4n) is 5.30. The van der Waals surface area contributed by atoms with Crippen LogP contribution in [0.15, 0.2) is 0 Å². The lowest BCUT2D eigenvalue weighted by molar-refractivity contribution is -0.379. The largest absolute Gasteiger partial charge is 0.394 e. The number of rotatable bonds is 17. The number of hydrogen-bond acceptors (Lipinski definition) is 19. The quantitative estimate of drug-likeness (QED) is 0.0490. The van der Waals surface area contributed by atoms with Crippen LogP contribution in [0.1, 0.15) is 19.3 Å². The van der Waals surface area contributed by atoms with Gasteiger partial charge in [-0.1, -0.05) is 0 Å². The predicted octanol–water partition coefficient (Wildman–Crippen LogP) is -7.22. The molecule has 48 heavy (non-hydrogen) atoms. The molecule has 2 amide bonds. The summed E-state index contributed by atoms with van der Waals surface area (Å²) in [5.74, 6) is -0.426. The molecule has 20 nitrogen and oxygen atoms in total. The van der Waals surface area contributed by atoms with Gasteiger partial charge in [-0.15, -0.1) is 0 Å². The maximum Gasteiger partial charge on any atom is 0.229 e. The van der Waals surface area contributed by atoms with Gasteiger partial charge in [0.25, 0.3) is 0 Å². The number of ether oxygens (including phenoxy) is 6. The highest BCUT2D eigenvalue weighted by Crippen LogP contribution is 2.32. The van der Waals surface area contributed by atoms with Gasteiger partial charge in [-0.2, -0.15) is 12.6 Å². The Morgan fingerprint density at radius 2 is 1.04 bits per heavy atom. The molecule has 0 aromatic heterocycles. The first kappa shape index (κ1) is 41.1. The molecule has 0 radical (unpaired) electrons. The van der Waals surface area contributed by atoms with Crippen LogP contribution in [0.25, 0.3) is 0 Å². The summed E-state index contributed by atoms with van der Waals surface area (Å²) < 4.78 is 33.0. The molecule has 0 aromatic rings. The molecule has 6 unspecified atom stereocenters. The van der Waals surface area contributed by atoms with Crippen LogP contribution in [0.3, 0.4) is 0 Å². The van der Waals surface area contributed by atoms with E-state index in [1.807, 2.05) is 0 Å². The minimum absolute atomic E-state index is 0.0654. The second-order valence-electron chi connectivity index (χ2n) is 11.5. The van der Waals surface area contributed by atoms with E-state index in [0.717, 1.165) is 0 Å². The highest BCUT2D eigenvalue weighted by atomic mass is 32.1. The maximum absolute atomic E-state index is 12.0. The lowest BCUT2D eigenvalue weighted by Crippen LogP contribution is -2.66. The first-order valence-electron chi connectivity index (χ1n) is 15.5. The zero-order valence-electron chi connectivity index (χ0n) is 25.9. The number of hydrogen-bond donors (Lipinski definition) is 13. The van der Waals surface area contributed by atoms with E-state index in [-0.39, 0.29) is 37.0 Å². The molecular weight excluding hydrogens is 672 g/mol. The van der Waals surface area contributed by atoms with Crippen molar-refractivity contribution in [2.24, 2.45) is 0 Å². The SMILES string of the molecule is O=C(CS)NCCCNC(=O)CCCO[C@@H]1OC(CO)[C@@H](O[C@@H]2OC(CO)[C@H](O[C@H]3OC(CO)[C@H](O)[C@H](O)C3O)[C@H](O)C2O)[C@H](O)C1O. The zero-order chi connectivity index (χ0) is 35.5. The van der Waals surface area contributed by atoms with Crippen LogP contribution in [0.5, 0.6) is 0 Å². The number of aliphatic hydroxyl groups is 10. The standard InChI is InChI=1S/C27H48N2O18S/c30-7-11-16(35)17(36)20(39)26(43-11)46-24-13(9-32)45-27(22(41)19(24)38)47-23-12(8-31)44-25(21(40)18(23)37)42-6-1-3-14(33)28-4-2-5-29-15(34)10-48/h11-13,16-27,30-32,35-41,48H,1-10H2,(H,28,33)(H,29,34)/t11?,12?,13?,16-,17-,18+,19+,20?,21?,22?,23+,24-,25+,26+,27-/m0/s1. The topological polar surface area (TPSA) is 316 Å². The van der Waals surface area contributed by atoms with Crippen molar-refractivity contribution < 1.29 is 89.1 Å². The number of thiol groups is 1. The Balaban J connectivity index is 1.50. The second kappa shape index (κ2) is 19.9. The van der Waals surface area contributed by atoms with Gasteiger partial charge in [0, 0.05) is 19.5 Å². The second-order valence-corrected chi connectivity index (χ2v) is 11.8. The summed E-state index contributed by atoms with van der Waals surface area (Å²) >= 11 is 3.84. The van der Waals surface area contributed by atoms with E-state index < -0.39 is 112 Å². The van der Waals surface area contributed by atoms with Crippen molar-refractivity contribution in [2.75, 3.05) is 45.3 Å². The van der Waals surface area contributed by atoms with E-state index in [0.29, 0.717) is 19.5 Å². The zero-order valence-corrected chi connectivity index (χ0v) is 26.8. The first-order chi connectivity index (χ1) is 22.9. The average Bonchev–Trinajstić information content (AvgIpc) is 3.08. The molecule has 3 aliphatic rings. The third kappa shape index (κ3) is 10.6. The molecular formula is C27H48N2O18S. The van der Waals surface area contributed by atoms with Crippen molar-refractivity contribution in [2.45, 2.75) is 111 Å². The molecule has 3 saturated heterocycles. The molecule has 15 atom stereocenters. The third-order valence-electron chi connectivity index (χ3n) is 8.04. The van der Waals surface area contributed by atoms with Crippen molar-refractivity contribution in [3.05, 3.63) is 0 Å². The van der Waals surface area contributed by atoms with Crippen LogP contribution in [-0.2, 0) is 38.0 Å².